The van der Waals surface area contributed by atoms with Gasteiger partial charge in [0, 0.05) is 25.8 Å². The Hall–Kier alpha value is -1.18. The number of hydrogen-bond acceptors (Lipinski definition) is 5. The van der Waals surface area contributed by atoms with E-state index in [0.29, 0.717) is 18.9 Å². The number of nitrogens with zero attached hydrogens (tertiary/aromatic N) is 2. The Bertz CT molecular complexity index is 561. The molecule has 1 aromatic rings. The van der Waals surface area contributed by atoms with Crippen molar-refractivity contribution in [2.24, 2.45) is 0 Å². The molecule has 2 unspecified atom stereocenters. The molecular weight excluding hydrogens is 278 g/mol. The van der Waals surface area contributed by atoms with Gasteiger partial charge in [-0.05, 0) is 31.9 Å². The molecule has 1 N–H and O–H groups in total. The maximum absolute atomic E-state index is 12.6. The van der Waals surface area contributed by atoms with Crippen LogP contribution in [0.25, 0.3) is 0 Å². The van der Waals surface area contributed by atoms with Gasteiger partial charge >= 0.3 is 0 Å². The molecule has 3 heterocycles. The average Bonchev–Trinajstić information content (AvgIpc) is 2.78. The van der Waals surface area contributed by atoms with Crippen LogP contribution in [-0.2, 0) is 14.8 Å². The lowest BCUT2D eigenvalue weighted by atomic mass is 10.2. The van der Waals surface area contributed by atoms with Crippen molar-refractivity contribution < 1.29 is 13.2 Å². The average molecular weight is 297 g/mol. The van der Waals surface area contributed by atoms with Crippen molar-refractivity contribution in [3.8, 4) is 0 Å². The Kier molecular flexibility index (Phi) is 3.66. The summed E-state index contributed by atoms with van der Waals surface area (Å²) in [5.74, 6) is 0.688. The molecule has 2 saturated heterocycles. The van der Waals surface area contributed by atoms with Crippen molar-refractivity contribution in [3.05, 3.63) is 18.3 Å². The van der Waals surface area contributed by atoms with Crippen molar-refractivity contribution in [1.82, 2.24) is 9.29 Å². The molecule has 0 aliphatic carbocycles. The molecule has 1 aromatic heterocycles. The van der Waals surface area contributed by atoms with Gasteiger partial charge in [0.2, 0.25) is 10.0 Å². The molecule has 2 aliphatic rings. The van der Waals surface area contributed by atoms with E-state index >= 15 is 0 Å². The summed E-state index contributed by atoms with van der Waals surface area (Å²) in [7, 11) is -3.46. The minimum atomic E-state index is -3.46. The van der Waals surface area contributed by atoms with Gasteiger partial charge in [-0.25, -0.2) is 13.4 Å². The Morgan fingerprint density at radius 2 is 2.05 bits per heavy atom. The van der Waals surface area contributed by atoms with Gasteiger partial charge in [-0.15, -0.1) is 0 Å². The van der Waals surface area contributed by atoms with Crippen molar-refractivity contribution >= 4 is 15.8 Å². The Labute approximate surface area is 119 Å². The third-order valence-corrected chi connectivity index (χ3v) is 5.56. The molecule has 7 heteroatoms. The van der Waals surface area contributed by atoms with Crippen LogP contribution in [0.4, 0.5) is 5.82 Å². The van der Waals surface area contributed by atoms with Crippen molar-refractivity contribution in [1.29, 1.82) is 0 Å². The molecule has 2 atom stereocenters. The number of nitrogens with one attached hydrogen (secondary N) is 1. The second-order valence-electron chi connectivity index (χ2n) is 5.19. The van der Waals surface area contributed by atoms with E-state index in [1.807, 2.05) is 6.92 Å². The zero-order valence-corrected chi connectivity index (χ0v) is 12.3. The first kappa shape index (κ1) is 13.8. The molecule has 0 saturated carbocycles. The monoisotopic (exact) mass is 297 g/mol. The zero-order chi connectivity index (χ0) is 14.2. The fraction of sp³-hybridized carbons (Fsp3) is 0.615. The number of ether oxygens (including phenoxy) is 1. The molecule has 0 aromatic carbocycles. The van der Waals surface area contributed by atoms with E-state index in [0.717, 1.165) is 19.4 Å². The fourth-order valence-corrected chi connectivity index (χ4v) is 4.19. The number of sulfonamides is 1. The van der Waals surface area contributed by atoms with Crippen LogP contribution in [0.15, 0.2) is 23.2 Å². The smallest absolute Gasteiger partial charge is 0.244 e. The van der Waals surface area contributed by atoms with Gasteiger partial charge in [-0.3, -0.25) is 0 Å². The van der Waals surface area contributed by atoms with Crippen LogP contribution in [0, 0.1) is 0 Å². The molecule has 2 bridgehead atoms. The number of fused-ring (bicyclic) bond motifs is 2. The summed E-state index contributed by atoms with van der Waals surface area (Å²) < 4.78 is 32.4. The maximum Gasteiger partial charge on any atom is 0.244 e. The Morgan fingerprint density at radius 3 is 2.60 bits per heavy atom. The number of pyridine rings is 1. The molecule has 0 radical (unpaired) electrons. The summed E-state index contributed by atoms with van der Waals surface area (Å²) in [5.41, 5.74) is 0. The summed E-state index contributed by atoms with van der Waals surface area (Å²) in [4.78, 5) is 4.39. The van der Waals surface area contributed by atoms with E-state index in [-0.39, 0.29) is 17.1 Å². The van der Waals surface area contributed by atoms with Crippen molar-refractivity contribution in [2.75, 3.05) is 25.0 Å². The molecule has 3 rings (SSSR count). The minimum Gasteiger partial charge on any atom is -0.372 e. The largest absolute Gasteiger partial charge is 0.372 e. The van der Waals surface area contributed by atoms with Crippen LogP contribution in [0.3, 0.4) is 0 Å². The number of anilines is 1. The van der Waals surface area contributed by atoms with Crippen LogP contribution in [-0.4, -0.2) is 49.5 Å². The third-order valence-electron chi connectivity index (χ3n) is 3.74. The third kappa shape index (κ3) is 2.53. The van der Waals surface area contributed by atoms with Gasteiger partial charge in [0.1, 0.15) is 10.7 Å². The minimum absolute atomic E-state index is 0.0533. The number of rotatable bonds is 4. The Morgan fingerprint density at radius 1 is 1.35 bits per heavy atom. The number of hydrogen-bond donors (Lipinski definition) is 1. The topological polar surface area (TPSA) is 71.5 Å². The first-order valence-corrected chi connectivity index (χ1v) is 8.39. The van der Waals surface area contributed by atoms with Gasteiger partial charge in [-0.1, -0.05) is 0 Å². The van der Waals surface area contributed by atoms with E-state index in [9.17, 15) is 8.42 Å². The highest BCUT2D eigenvalue weighted by molar-refractivity contribution is 7.89. The molecule has 6 nitrogen and oxygen atoms in total. The molecular formula is C13H19N3O3S. The normalized spacial score (nSPS) is 26.6. The van der Waals surface area contributed by atoms with Crippen LogP contribution in [0.2, 0.25) is 0 Å². The first-order chi connectivity index (χ1) is 9.59. The van der Waals surface area contributed by atoms with Crippen molar-refractivity contribution in [2.45, 2.75) is 36.9 Å². The van der Waals surface area contributed by atoms with E-state index < -0.39 is 10.0 Å². The highest BCUT2D eigenvalue weighted by Gasteiger charge is 2.39. The summed E-state index contributed by atoms with van der Waals surface area (Å²) in [6.45, 7) is 3.63. The van der Waals surface area contributed by atoms with E-state index in [2.05, 4.69) is 10.3 Å². The SMILES string of the molecule is CCNc1ccc(S(=O)(=O)N2CC3CCC(C2)O3)cn1. The van der Waals surface area contributed by atoms with E-state index in [1.54, 1.807) is 12.1 Å². The van der Waals surface area contributed by atoms with Crippen LogP contribution >= 0.6 is 0 Å². The van der Waals surface area contributed by atoms with Crippen molar-refractivity contribution in [3.63, 3.8) is 0 Å². The lowest BCUT2D eigenvalue weighted by Crippen LogP contribution is -2.45. The lowest BCUT2D eigenvalue weighted by molar-refractivity contribution is -0.0114. The summed E-state index contributed by atoms with van der Waals surface area (Å²) >= 11 is 0. The van der Waals surface area contributed by atoms with Gasteiger partial charge < -0.3 is 10.1 Å². The van der Waals surface area contributed by atoms with Crippen LogP contribution in [0.1, 0.15) is 19.8 Å². The number of aromatic nitrogens is 1. The second-order valence-corrected chi connectivity index (χ2v) is 7.13. The molecule has 2 aliphatic heterocycles. The molecule has 2 fully saturated rings. The van der Waals surface area contributed by atoms with Crippen LogP contribution in [0.5, 0.6) is 0 Å². The zero-order valence-electron chi connectivity index (χ0n) is 11.4. The fourth-order valence-electron chi connectivity index (χ4n) is 2.74. The van der Waals surface area contributed by atoms with Gasteiger partial charge in [0.25, 0.3) is 0 Å². The quantitative estimate of drug-likeness (QED) is 0.900. The summed E-state index contributed by atoms with van der Waals surface area (Å²) in [6, 6.07) is 3.31. The first-order valence-electron chi connectivity index (χ1n) is 6.95. The molecule has 110 valence electrons. The van der Waals surface area contributed by atoms with Crippen LogP contribution < -0.4 is 5.32 Å². The second kappa shape index (κ2) is 5.31. The van der Waals surface area contributed by atoms with E-state index in [1.165, 1.54) is 10.5 Å². The van der Waals surface area contributed by atoms with Gasteiger partial charge in [-0.2, -0.15) is 4.31 Å². The standard InChI is InChI=1S/C13H19N3O3S/c1-2-14-13-6-5-12(7-15-13)20(17,18)16-8-10-3-4-11(9-16)19-10/h5-7,10-11H,2-4,8-9H2,1H3,(H,14,15). The summed E-state index contributed by atoms with van der Waals surface area (Å²) in [5, 5.41) is 3.05. The predicted molar refractivity (Wildman–Crippen MR) is 75.1 cm³/mol. The molecule has 20 heavy (non-hydrogen) atoms. The maximum atomic E-state index is 12.6. The van der Waals surface area contributed by atoms with Gasteiger partial charge in [0.15, 0.2) is 0 Å². The highest BCUT2D eigenvalue weighted by Crippen LogP contribution is 2.29. The molecule has 0 amide bonds. The predicted octanol–water partition coefficient (Wildman–Crippen LogP) is 1.07. The van der Waals surface area contributed by atoms with E-state index in [4.69, 9.17) is 4.74 Å². The molecule has 0 spiro atoms. The number of morpholine rings is 1. The summed E-state index contributed by atoms with van der Waals surface area (Å²) in [6.07, 6.45) is 3.43. The van der Waals surface area contributed by atoms with Gasteiger partial charge in [0.05, 0.1) is 12.2 Å². The lowest BCUT2D eigenvalue weighted by Gasteiger charge is -2.31. The Balaban J connectivity index is 1.80. The highest BCUT2D eigenvalue weighted by atomic mass is 32.2.